The van der Waals surface area contributed by atoms with Gasteiger partial charge >= 0.3 is 0 Å². The fraction of sp³-hybridized carbons (Fsp3) is 0.316. The van der Waals surface area contributed by atoms with Gasteiger partial charge in [-0.3, -0.25) is 19.3 Å². The number of amides is 2. The van der Waals surface area contributed by atoms with Gasteiger partial charge in [0.05, 0.1) is 12.6 Å². The lowest BCUT2D eigenvalue weighted by Gasteiger charge is -2.20. The Morgan fingerprint density at radius 2 is 1.97 bits per heavy atom. The predicted octanol–water partition coefficient (Wildman–Crippen LogP) is 2.41. The number of ether oxygens (including phenoxy) is 1. The van der Waals surface area contributed by atoms with E-state index in [0.717, 1.165) is 12.7 Å². The van der Waals surface area contributed by atoms with Crippen LogP contribution in [0.4, 0.5) is 5.69 Å². The van der Waals surface area contributed by atoms with E-state index in [9.17, 15) is 14.4 Å². The molecular weight excluding hydrogens is 421 g/mol. The van der Waals surface area contributed by atoms with Crippen molar-refractivity contribution in [2.75, 3.05) is 18.5 Å². The molecule has 10 heteroatoms. The van der Waals surface area contributed by atoms with Crippen molar-refractivity contribution in [1.82, 2.24) is 4.90 Å². The average molecular weight is 440 g/mol. The molecule has 1 aliphatic heterocycles. The predicted molar refractivity (Wildman–Crippen MR) is 108 cm³/mol. The van der Waals surface area contributed by atoms with Crippen LogP contribution in [0.5, 0.6) is 5.75 Å². The van der Waals surface area contributed by atoms with E-state index in [4.69, 9.17) is 38.1 Å². The molecule has 2 aromatic rings. The van der Waals surface area contributed by atoms with Crippen molar-refractivity contribution in [3.05, 3.63) is 56.6 Å². The van der Waals surface area contributed by atoms with Gasteiger partial charge in [0.15, 0.2) is 6.61 Å². The maximum absolute atomic E-state index is 12.2. The molecule has 154 valence electrons. The molecule has 1 saturated heterocycles. The third-order valence-corrected chi connectivity index (χ3v) is 4.84. The number of benzene rings is 1. The minimum Gasteiger partial charge on any atom is -0.477 e. The van der Waals surface area contributed by atoms with Gasteiger partial charge in [0, 0.05) is 21.8 Å². The highest BCUT2D eigenvalue weighted by Crippen LogP contribution is 2.22. The molecule has 2 heterocycles. The molecule has 1 aromatic carbocycles. The summed E-state index contributed by atoms with van der Waals surface area (Å²) in [6, 6.07) is 5.52. The van der Waals surface area contributed by atoms with Gasteiger partial charge < -0.3 is 20.2 Å². The molecule has 0 saturated carbocycles. The van der Waals surface area contributed by atoms with Gasteiger partial charge in [-0.05, 0) is 37.6 Å². The standard InChI is InChI=1S/C19H19Cl2N3O5/c20-11-4-12(21)6-13(5-11)23-18(26)10-29-17-9-28-14(7-16(17)25)8-24-3-1-2-15(24)19(22)27/h4-7,9,15H,1-3,8,10H2,(H2,22,27)(H,23,26)/t15-/m1/s1. The largest absolute Gasteiger partial charge is 0.477 e. The lowest BCUT2D eigenvalue weighted by molar-refractivity contribution is -0.122. The molecule has 2 amide bonds. The summed E-state index contributed by atoms with van der Waals surface area (Å²) in [5.41, 5.74) is 5.37. The van der Waals surface area contributed by atoms with E-state index in [1.54, 1.807) is 0 Å². The summed E-state index contributed by atoms with van der Waals surface area (Å²) in [5.74, 6) is -0.598. The summed E-state index contributed by atoms with van der Waals surface area (Å²) < 4.78 is 10.7. The Kier molecular flexibility index (Phi) is 6.79. The van der Waals surface area contributed by atoms with Crippen molar-refractivity contribution < 1.29 is 18.7 Å². The van der Waals surface area contributed by atoms with Crippen molar-refractivity contribution in [3.8, 4) is 5.75 Å². The van der Waals surface area contributed by atoms with Gasteiger partial charge in [-0.2, -0.15) is 0 Å². The number of hydrogen-bond donors (Lipinski definition) is 2. The van der Waals surface area contributed by atoms with Gasteiger partial charge in [0.25, 0.3) is 5.91 Å². The quantitative estimate of drug-likeness (QED) is 0.684. The number of nitrogens with zero attached hydrogens (tertiary/aromatic N) is 1. The SMILES string of the molecule is NC(=O)[C@H]1CCCN1Cc1cc(=O)c(OCC(=O)Nc2cc(Cl)cc(Cl)c2)co1. The summed E-state index contributed by atoms with van der Waals surface area (Å²) >= 11 is 11.8. The zero-order valence-corrected chi connectivity index (χ0v) is 16.8. The van der Waals surface area contributed by atoms with Crippen LogP contribution in [0.15, 0.2) is 39.7 Å². The van der Waals surface area contributed by atoms with E-state index in [1.807, 2.05) is 4.90 Å². The third kappa shape index (κ3) is 5.72. The van der Waals surface area contributed by atoms with Crippen LogP contribution in [0.2, 0.25) is 10.0 Å². The van der Waals surface area contributed by atoms with E-state index in [1.165, 1.54) is 24.3 Å². The van der Waals surface area contributed by atoms with E-state index in [0.29, 0.717) is 41.0 Å². The van der Waals surface area contributed by atoms with Crippen LogP contribution in [0.3, 0.4) is 0 Å². The first-order valence-corrected chi connectivity index (χ1v) is 9.61. The molecule has 29 heavy (non-hydrogen) atoms. The number of nitrogens with two attached hydrogens (primary N) is 1. The molecule has 0 bridgehead atoms. The second-order valence-electron chi connectivity index (χ2n) is 6.60. The van der Waals surface area contributed by atoms with Gasteiger partial charge in [0.2, 0.25) is 17.1 Å². The van der Waals surface area contributed by atoms with Crippen LogP contribution in [0.25, 0.3) is 0 Å². The minimum absolute atomic E-state index is 0.0964. The van der Waals surface area contributed by atoms with Crippen LogP contribution in [-0.4, -0.2) is 35.9 Å². The maximum Gasteiger partial charge on any atom is 0.262 e. The van der Waals surface area contributed by atoms with Gasteiger partial charge in [-0.1, -0.05) is 23.2 Å². The average Bonchev–Trinajstić information content (AvgIpc) is 3.08. The Morgan fingerprint density at radius 1 is 1.24 bits per heavy atom. The molecule has 1 atom stereocenters. The van der Waals surface area contributed by atoms with E-state index in [-0.39, 0.29) is 11.8 Å². The van der Waals surface area contributed by atoms with Gasteiger partial charge in [-0.25, -0.2) is 0 Å². The Hall–Kier alpha value is -2.55. The lowest BCUT2D eigenvalue weighted by atomic mass is 10.2. The topological polar surface area (TPSA) is 115 Å². The Balaban J connectivity index is 1.57. The molecule has 0 spiro atoms. The van der Waals surface area contributed by atoms with Crippen molar-refractivity contribution in [2.24, 2.45) is 5.73 Å². The first kappa shape index (κ1) is 21.2. The molecule has 1 aromatic heterocycles. The normalized spacial score (nSPS) is 16.6. The summed E-state index contributed by atoms with van der Waals surface area (Å²) in [4.78, 5) is 37.6. The molecule has 1 aliphatic rings. The molecule has 0 aliphatic carbocycles. The van der Waals surface area contributed by atoms with E-state index in [2.05, 4.69) is 5.32 Å². The first-order valence-electron chi connectivity index (χ1n) is 8.85. The Morgan fingerprint density at radius 3 is 2.62 bits per heavy atom. The number of hydrogen-bond acceptors (Lipinski definition) is 6. The van der Waals surface area contributed by atoms with Gasteiger partial charge in [0.1, 0.15) is 12.0 Å². The molecule has 0 unspecified atom stereocenters. The number of halogens is 2. The number of primary amides is 1. The van der Waals surface area contributed by atoms with Crippen molar-refractivity contribution in [2.45, 2.75) is 25.4 Å². The summed E-state index contributed by atoms with van der Waals surface area (Å²) in [6.07, 6.45) is 2.69. The van der Waals surface area contributed by atoms with E-state index < -0.39 is 23.9 Å². The highest BCUT2D eigenvalue weighted by atomic mass is 35.5. The lowest BCUT2D eigenvalue weighted by Crippen LogP contribution is -2.39. The summed E-state index contributed by atoms with van der Waals surface area (Å²) in [6.45, 7) is 0.590. The minimum atomic E-state index is -0.492. The second kappa shape index (κ2) is 9.30. The van der Waals surface area contributed by atoms with Crippen LogP contribution >= 0.6 is 23.2 Å². The highest BCUT2D eigenvalue weighted by molar-refractivity contribution is 6.35. The molecular formula is C19H19Cl2N3O5. The first-order chi connectivity index (χ1) is 13.8. The fourth-order valence-electron chi connectivity index (χ4n) is 3.13. The fourth-order valence-corrected chi connectivity index (χ4v) is 3.66. The zero-order chi connectivity index (χ0) is 21.0. The van der Waals surface area contributed by atoms with Gasteiger partial charge in [-0.15, -0.1) is 0 Å². The Labute approximate surface area is 176 Å². The number of likely N-dealkylation sites (tertiary alicyclic amines) is 1. The number of carbonyl (C=O) groups excluding carboxylic acids is 2. The number of nitrogens with one attached hydrogen (secondary N) is 1. The number of anilines is 1. The van der Waals surface area contributed by atoms with Crippen molar-refractivity contribution in [1.29, 1.82) is 0 Å². The highest BCUT2D eigenvalue weighted by Gasteiger charge is 2.29. The summed E-state index contributed by atoms with van der Waals surface area (Å²) in [7, 11) is 0. The Bertz CT molecular complexity index is 958. The van der Waals surface area contributed by atoms with Crippen molar-refractivity contribution >= 4 is 40.7 Å². The number of carbonyl (C=O) groups is 2. The third-order valence-electron chi connectivity index (χ3n) is 4.41. The molecule has 1 fully saturated rings. The van der Waals surface area contributed by atoms with Crippen molar-refractivity contribution in [3.63, 3.8) is 0 Å². The molecule has 3 N–H and O–H groups in total. The molecule has 3 rings (SSSR count). The van der Waals surface area contributed by atoms with Crippen LogP contribution in [0.1, 0.15) is 18.6 Å². The molecule has 0 radical (unpaired) electrons. The smallest absolute Gasteiger partial charge is 0.262 e. The summed E-state index contributed by atoms with van der Waals surface area (Å²) in [5, 5.41) is 3.33. The monoisotopic (exact) mass is 439 g/mol. The van der Waals surface area contributed by atoms with E-state index >= 15 is 0 Å². The second-order valence-corrected chi connectivity index (χ2v) is 7.47. The molecule has 8 nitrogen and oxygen atoms in total. The van der Waals surface area contributed by atoms with Crippen LogP contribution < -0.4 is 21.2 Å². The zero-order valence-electron chi connectivity index (χ0n) is 15.3. The van der Waals surface area contributed by atoms with Crippen LogP contribution in [-0.2, 0) is 16.1 Å². The number of rotatable bonds is 7. The van der Waals surface area contributed by atoms with Crippen LogP contribution in [0, 0.1) is 0 Å². The maximum atomic E-state index is 12.2.